The van der Waals surface area contributed by atoms with Gasteiger partial charge >= 0.3 is 0 Å². The van der Waals surface area contributed by atoms with Gasteiger partial charge in [0.15, 0.2) is 0 Å². The molecule has 104 valence electrons. The van der Waals surface area contributed by atoms with Gasteiger partial charge in [0.1, 0.15) is 12.5 Å². The third-order valence-electron chi connectivity index (χ3n) is 3.92. The first-order valence-electron chi connectivity index (χ1n) is 6.26. The fourth-order valence-corrected chi connectivity index (χ4v) is 2.92. The summed E-state index contributed by atoms with van der Waals surface area (Å²) in [6.07, 6.45) is 10.5. The summed E-state index contributed by atoms with van der Waals surface area (Å²) in [6.45, 7) is 6.33. The maximum Gasteiger partial charge on any atom is 0.118 e. The second-order valence-corrected chi connectivity index (χ2v) is 4.85. The van der Waals surface area contributed by atoms with Crippen LogP contribution in [0.2, 0.25) is 0 Å². The van der Waals surface area contributed by atoms with Gasteiger partial charge in [-0.15, -0.1) is 0 Å². The van der Waals surface area contributed by atoms with Crippen LogP contribution in [0, 0.1) is 11.3 Å². The van der Waals surface area contributed by atoms with Crippen LogP contribution in [0.1, 0.15) is 20.3 Å². The summed E-state index contributed by atoms with van der Waals surface area (Å²) >= 11 is 0. The third-order valence-corrected chi connectivity index (χ3v) is 3.92. The number of ether oxygens (including phenoxy) is 1. The molecule has 2 unspecified atom stereocenters. The quantitative estimate of drug-likeness (QED) is 0.790. The Balaban J connectivity index is 0.000000415. The Kier molecular flexibility index (Phi) is 4.90. The number of methoxy groups -OCH3 is 1. The lowest BCUT2D eigenvalue weighted by Crippen LogP contribution is -2.14. The van der Waals surface area contributed by atoms with E-state index in [4.69, 9.17) is 14.6 Å². The molecule has 0 aromatic heterocycles. The van der Waals surface area contributed by atoms with Gasteiger partial charge in [-0.25, -0.2) is 0 Å². The van der Waals surface area contributed by atoms with Crippen LogP contribution in [0.25, 0.3) is 0 Å². The monoisotopic (exact) mass is 262 g/mol. The van der Waals surface area contributed by atoms with E-state index in [9.17, 15) is 0 Å². The topological polar surface area (TPSA) is 46.5 Å². The predicted molar refractivity (Wildman–Crippen MR) is 76.5 cm³/mol. The smallest absolute Gasteiger partial charge is 0.118 e. The van der Waals surface area contributed by atoms with Gasteiger partial charge in [-0.1, -0.05) is 18.2 Å². The first-order chi connectivity index (χ1) is 9.17. The van der Waals surface area contributed by atoms with E-state index in [-0.39, 0.29) is 0 Å². The second-order valence-electron chi connectivity index (χ2n) is 4.85. The maximum atomic E-state index is 8.00. The van der Waals surface area contributed by atoms with Crippen molar-refractivity contribution in [2.45, 2.75) is 20.3 Å². The van der Waals surface area contributed by atoms with E-state index >= 15 is 0 Å². The number of rotatable bonds is 1. The Bertz CT molecular complexity index is 468. The maximum absolute atomic E-state index is 8.00. The van der Waals surface area contributed by atoms with Gasteiger partial charge in [0.25, 0.3) is 0 Å². The van der Waals surface area contributed by atoms with Crippen molar-refractivity contribution in [3.8, 4) is 0 Å². The van der Waals surface area contributed by atoms with E-state index in [0.717, 1.165) is 12.9 Å². The van der Waals surface area contributed by atoms with Gasteiger partial charge in [-0.05, 0) is 49.0 Å². The van der Waals surface area contributed by atoms with Crippen LogP contribution in [0.4, 0.5) is 0 Å². The van der Waals surface area contributed by atoms with Crippen molar-refractivity contribution >= 4 is 6.79 Å². The molecule has 0 aromatic rings. The van der Waals surface area contributed by atoms with Gasteiger partial charge in [0.2, 0.25) is 0 Å². The van der Waals surface area contributed by atoms with Crippen LogP contribution < -0.4 is 0 Å². The number of carbonyl (C=O) groups excluding carboxylic acids is 1. The molecule has 1 N–H and O–H groups in total. The van der Waals surface area contributed by atoms with Crippen LogP contribution in [0.5, 0.6) is 0 Å². The van der Waals surface area contributed by atoms with E-state index in [1.54, 1.807) is 7.11 Å². The van der Waals surface area contributed by atoms with Crippen LogP contribution >= 0.6 is 0 Å². The largest absolute Gasteiger partial charge is 0.497 e. The predicted octanol–water partition coefficient (Wildman–Crippen LogP) is 2.79. The third kappa shape index (κ3) is 2.43. The first kappa shape index (κ1) is 15.4. The normalized spacial score (nSPS) is 29.4. The Morgan fingerprint density at radius 3 is 2.58 bits per heavy atom. The van der Waals surface area contributed by atoms with Crippen LogP contribution in [0.3, 0.4) is 0 Å². The first-order valence-corrected chi connectivity index (χ1v) is 6.26. The fourth-order valence-electron chi connectivity index (χ4n) is 2.92. The summed E-state index contributed by atoms with van der Waals surface area (Å²) in [7, 11) is 2.76. The molecule has 2 atom stereocenters. The molecule has 1 spiro atoms. The minimum atomic E-state index is 0.295. The van der Waals surface area contributed by atoms with Crippen molar-refractivity contribution in [2.24, 2.45) is 11.3 Å². The molecule has 3 nitrogen and oxygen atoms in total. The van der Waals surface area contributed by atoms with E-state index in [1.165, 1.54) is 23.1 Å². The molecule has 0 amide bonds. The minimum absolute atomic E-state index is 0.295. The average molecular weight is 262 g/mol. The number of carbonyl (C=O) groups is 1. The van der Waals surface area contributed by atoms with Gasteiger partial charge < -0.3 is 14.6 Å². The lowest BCUT2D eigenvalue weighted by molar-refractivity contribution is -0.0979. The summed E-state index contributed by atoms with van der Waals surface area (Å²) in [5.41, 5.74) is 4.46. The van der Waals surface area contributed by atoms with Gasteiger partial charge in [0.05, 0.1) is 7.11 Å². The highest BCUT2D eigenvalue weighted by Gasteiger charge is 2.56. The van der Waals surface area contributed by atoms with E-state index < -0.39 is 0 Å². The molecular formula is C16H22O3. The molecule has 3 aliphatic rings. The molecule has 0 bridgehead atoms. The van der Waals surface area contributed by atoms with E-state index in [0.29, 0.717) is 11.3 Å². The van der Waals surface area contributed by atoms with Crippen molar-refractivity contribution in [1.29, 1.82) is 0 Å². The number of aliphatic hydroxyl groups is 1. The Hall–Kier alpha value is -1.61. The standard InChI is InChI=1S/C14H16O.CH4O.CH2O/c1-9-4-5-11-7-14(11)8-13(15-3)10(2)6-12(9)14;2*1-2/h4-6,8,11H,7H2,1-3H3;2H,1H3;1H2. The van der Waals surface area contributed by atoms with Crippen molar-refractivity contribution in [3.63, 3.8) is 0 Å². The Morgan fingerprint density at radius 2 is 2.00 bits per heavy atom. The molecular weight excluding hydrogens is 240 g/mol. The molecule has 0 heterocycles. The summed E-state index contributed by atoms with van der Waals surface area (Å²) < 4.78 is 5.43. The molecule has 3 aliphatic carbocycles. The molecule has 0 aromatic carbocycles. The second kappa shape index (κ2) is 6.02. The van der Waals surface area contributed by atoms with Crippen molar-refractivity contribution in [3.05, 3.63) is 46.8 Å². The van der Waals surface area contributed by atoms with Gasteiger partial charge in [-0.2, -0.15) is 0 Å². The SMILES string of the molecule is C=O.CO.COC1=CC23CC2C=CC(C)=C3C=C1C. The zero-order chi connectivity index (χ0) is 14.6. The number of hydrogen-bond acceptors (Lipinski definition) is 3. The molecule has 0 saturated heterocycles. The zero-order valence-electron chi connectivity index (χ0n) is 12.1. The minimum Gasteiger partial charge on any atom is -0.497 e. The van der Waals surface area contributed by atoms with Crippen LogP contribution in [-0.4, -0.2) is 26.1 Å². The fraction of sp³-hybridized carbons (Fsp3) is 0.438. The average Bonchev–Trinajstić information content (AvgIpc) is 3.18. The molecule has 1 fully saturated rings. The lowest BCUT2D eigenvalue weighted by Gasteiger charge is -2.26. The summed E-state index contributed by atoms with van der Waals surface area (Å²) in [5, 5.41) is 7.00. The highest BCUT2D eigenvalue weighted by molar-refractivity contribution is 5.57. The molecule has 1 saturated carbocycles. The van der Waals surface area contributed by atoms with Crippen LogP contribution in [-0.2, 0) is 9.53 Å². The summed E-state index contributed by atoms with van der Waals surface area (Å²) in [6, 6.07) is 0. The van der Waals surface area contributed by atoms with Gasteiger partial charge in [-0.3, -0.25) is 0 Å². The van der Waals surface area contributed by atoms with E-state index in [2.05, 4.69) is 38.2 Å². The highest BCUT2D eigenvalue weighted by Crippen LogP contribution is 2.64. The highest BCUT2D eigenvalue weighted by atomic mass is 16.5. The number of allylic oxidation sites excluding steroid dienone is 7. The summed E-state index contributed by atoms with van der Waals surface area (Å²) in [5.74, 6) is 1.77. The number of hydrogen-bond donors (Lipinski definition) is 1. The number of aliphatic hydroxyl groups excluding tert-OH is 1. The molecule has 0 aliphatic heterocycles. The Morgan fingerprint density at radius 1 is 1.37 bits per heavy atom. The van der Waals surface area contributed by atoms with Crippen LogP contribution in [0.15, 0.2) is 46.8 Å². The van der Waals surface area contributed by atoms with E-state index in [1.807, 2.05) is 6.79 Å². The summed E-state index contributed by atoms with van der Waals surface area (Å²) in [4.78, 5) is 8.00. The zero-order valence-corrected chi connectivity index (χ0v) is 12.1. The molecule has 19 heavy (non-hydrogen) atoms. The van der Waals surface area contributed by atoms with Crippen molar-refractivity contribution in [1.82, 2.24) is 0 Å². The molecule has 3 rings (SSSR count). The molecule has 3 heteroatoms. The molecule has 0 radical (unpaired) electrons. The van der Waals surface area contributed by atoms with Gasteiger partial charge in [0, 0.05) is 12.5 Å². The lowest BCUT2D eigenvalue weighted by atomic mass is 9.80. The van der Waals surface area contributed by atoms with Crippen molar-refractivity contribution in [2.75, 3.05) is 14.2 Å². The Labute approximate surface area is 115 Å². The van der Waals surface area contributed by atoms with Crippen molar-refractivity contribution < 1.29 is 14.6 Å².